The maximum Gasteiger partial charge on any atom is 0.499 e. The van der Waals surface area contributed by atoms with Crippen molar-refractivity contribution >= 4 is 31.7 Å². The number of rotatable bonds is 8. The number of hydrogen-bond acceptors (Lipinski definition) is 6. The van der Waals surface area contributed by atoms with E-state index < -0.39 is 26.5 Å². The highest BCUT2D eigenvalue weighted by Crippen LogP contribution is 2.18. The van der Waals surface area contributed by atoms with Gasteiger partial charge in [-0.05, 0) is 6.42 Å². The highest BCUT2D eigenvalue weighted by atomic mass is 28.4. The lowest BCUT2D eigenvalue weighted by Gasteiger charge is -2.29. The molecular weight excluding hydrogens is 316 g/mol. The van der Waals surface area contributed by atoms with Crippen molar-refractivity contribution < 1.29 is 28.0 Å². The van der Waals surface area contributed by atoms with Crippen LogP contribution in [0.3, 0.4) is 0 Å². The van der Waals surface area contributed by atoms with Crippen LogP contribution in [0.2, 0.25) is 6.04 Å². The Labute approximate surface area is 136 Å². The first kappa shape index (κ1) is 18.6. The summed E-state index contributed by atoms with van der Waals surface area (Å²) in [6.45, 7) is 5.97. The van der Waals surface area contributed by atoms with E-state index in [1.54, 1.807) is 24.3 Å². The van der Waals surface area contributed by atoms with Gasteiger partial charge in [0.25, 0.3) is 11.9 Å². The normalized spacial score (nSPS) is 10.5. The summed E-state index contributed by atoms with van der Waals surface area (Å²) < 4.78 is 15.8. The monoisotopic (exact) mass is 336 g/mol. The van der Waals surface area contributed by atoms with Gasteiger partial charge >= 0.3 is 14.5 Å². The van der Waals surface area contributed by atoms with Gasteiger partial charge in [-0.3, -0.25) is 9.59 Å². The number of ether oxygens (including phenoxy) is 1. The van der Waals surface area contributed by atoms with E-state index in [1.165, 1.54) is 13.8 Å². The van der Waals surface area contributed by atoms with Crippen LogP contribution < -0.4 is 5.19 Å². The molecule has 0 aromatic heterocycles. The Bertz CT molecular complexity index is 553. The van der Waals surface area contributed by atoms with E-state index in [1.807, 2.05) is 6.07 Å². The molecule has 0 saturated heterocycles. The van der Waals surface area contributed by atoms with Crippen LogP contribution in [0.25, 0.3) is 0 Å². The molecule has 1 aromatic rings. The molecule has 0 saturated carbocycles. The minimum absolute atomic E-state index is 0.120. The minimum atomic E-state index is -3.30. The van der Waals surface area contributed by atoms with Gasteiger partial charge in [0.1, 0.15) is 0 Å². The Kier molecular flexibility index (Phi) is 7.20. The number of benzene rings is 1. The van der Waals surface area contributed by atoms with Gasteiger partial charge in [0.2, 0.25) is 0 Å². The van der Waals surface area contributed by atoms with Crippen molar-refractivity contribution in [1.82, 2.24) is 0 Å². The second kappa shape index (κ2) is 8.89. The summed E-state index contributed by atoms with van der Waals surface area (Å²) in [4.78, 5) is 34.1. The van der Waals surface area contributed by atoms with Crippen molar-refractivity contribution in [2.24, 2.45) is 0 Å². The van der Waals surface area contributed by atoms with Crippen LogP contribution in [-0.2, 0) is 28.0 Å². The van der Waals surface area contributed by atoms with Crippen LogP contribution in [0.15, 0.2) is 43.0 Å². The minimum Gasteiger partial charge on any atom is -0.482 e. The number of carbonyl (C=O) groups is 3. The summed E-state index contributed by atoms with van der Waals surface area (Å²) in [5.41, 5.74) is 0. The van der Waals surface area contributed by atoms with E-state index in [4.69, 9.17) is 13.6 Å². The topological polar surface area (TPSA) is 78.9 Å². The lowest BCUT2D eigenvalue weighted by molar-refractivity contribution is -0.140. The molecule has 23 heavy (non-hydrogen) atoms. The van der Waals surface area contributed by atoms with Gasteiger partial charge in [-0.15, -0.1) is 0 Å². The van der Waals surface area contributed by atoms with Gasteiger partial charge in [0, 0.05) is 31.2 Å². The van der Waals surface area contributed by atoms with Gasteiger partial charge in [-0.25, -0.2) is 4.79 Å². The highest BCUT2D eigenvalue weighted by Gasteiger charge is 2.46. The third-order valence-corrected chi connectivity index (χ3v) is 6.35. The first-order valence-electron chi connectivity index (χ1n) is 7.13. The van der Waals surface area contributed by atoms with Crippen molar-refractivity contribution in [2.75, 3.05) is 6.61 Å². The molecule has 0 atom stereocenters. The predicted molar refractivity (Wildman–Crippen MR) is 85.9 cm³/mol. The molecule has 7 heteroatoms. The SMILES string of the molecule is C=CC(=O)OCCC[Si](OC(C)=O)(OC(C)=O)c1ccccc1. The Balaban J connectivity index is 2.97. The predicted octanol–water partition coefficient (Wildman–Crippen LogP) is 1.58. The van der Waals surface area contributed by atoms with Crippen molar-refractivity contribution in [3.63, 3.8) is 0 Å². The molecular formula is C16H20O6Si. The van der Waals surface area contributed by atoms with Crippen LogP contribution in [-0.4, -0.2) is 33.1 Å². The zero-order chi connectivity index (χ0) is 17.3. The molecule has 0 N–H and O–H groups in total. The van der Waals surface area contributed by atoms with Gasteiger partial charge in [0.05, 0.1) is 6.61 Å². The maximum absolute atomic E-state index is 11.5. The van der Waals surface area contributed by atoms with Gasteiger partial charge < -0.3 is 13.6 Å². The average Bonchev–Trinajstić information content (AvgIpc) is 2.50. The third kappa shape index (κ3) is 6.07. The van der Waals surface area contributed by atoms with E-state index in [2.05, 4.69) is 6.58 Å². The molecule has 0 bridgehead atoms. The summed E-state index contributed by atoms with van der Waals surface area (Å²) in [6, 6.07) is 9.18. The molecule has 6 nitrogen and oxygen atoms in total. The molecule has 0 aliphatic rings. The lowest BCUT2D eigenvalue weighted by atomic mass is 10.4. The fourth-order valence-electron chi connectivity index (χ4n) is 2.08. The van der Waals surface area contributed by atoms with Crippen LogP contribution in [0.5, 0.6) is 0 Å². The molecule has 0 aliphatic heterocycles. The maximum atomic E-state index is 11.5. The smallest absolute Gasteiger partial charge is 0.482 e. The molecule has 0 aliphatic carbocycles. The molecule has 124 valence electrons. The van der Waals surface area contributed by atoms with E-state index in [0.717, 1.165) is 6.08 Å². The second-order valence-electron chi connectivity index (χ2n) is 4.78. The molecule has 0 amide bonds. The molecule has 0 radical (unpaired) electrons. The summed E-state index contributed by atoms with van der Waals surface area (Å²) in [6.07, 6.45) is 1.46. The Morgan fingerprint density at radius 2 is 1.65 bits per heavy atom. The van der Waals surface area contributed by atoms with E-state index in [0.29, 0.717) is 17.7 Å². The van der Waals surface area contributed by atoms with Crippen LogP contribution in [0.1, 0.15) is 20.3 Å². The Morgan fingerprint density at radius 3 is 2.13 bits per heavy atom. The number of esters is 1. The van der Waals surface area contributed by atoms with Crippen molar-refractivity contribution in [3.05, 3.63) is 43.0 Å². The largest absolute Gasteiger partial charge is 0.499 e. The molecule has 0 heterocycles. The van der Waals surface area contributed by atoms with E-state index in [9.17, 15) is 14.4 Å². The summed E-state index contributed by atoms with van der Waals surface area (Å²) >= 11 is 0. The molecule has 0 spiro atoms. The van der Waals surface area contributed by atoms with Crippen LogP contribution >= 0.6 is 0 Å². The molecule has 1 rings (SSSR count). The first-order chi connectivity index (χ1) is 10.9. The average molecular weight is 336 g/mol. The van der Waals surface area contributed by atoms with Crippen molar-refractivity contribution in [3.8, 4) is 0 Å². The highest BCUT2D eigenvalue weighted by molar-refractivity contribution is 6.83. The summed E-state index contributed by atoms with van der Waals surface area (Å²) in [7, 11) is -3.30. The quantitative estimate of drug-likeness (QED) is 0.310. The first-order valence-corrected chi connectivity index (χ1v) is 9.16. The van der Waals surface area contributed by atoms with Crippen molar-refractivity contribution in [1.29, 1.82) is 0 Å². The van der Waals surface area contributed by atoms with Gasteiger partial charge in [0.15, 0.2) is 0 Å². The molecule has 0 fully saturated rings. The second-order valence-corrected chi connectivity index (χ2v) is 7.77. The van der Waals surface area contributed by atoms with Gasteiger partial charge in [-0.1, -0.05) is 36.9 Å². The fraction of sp³-hybridized carbons (Fsp3) is 0.312. The zero-order valence-corrected chi connectivity index (χ0v) is 14.2. The standard InChI is InChI=1S/C16H20O6Si/c1-4-16(19)20-11-8-12-23(21-13(2)17,22-14(3)18)15-9-6-5-7-10-15/h4-7,9-10H,1,8,11-12H2,2-3H3. The van der Waals surface area contributed by atoms with Crippen LogP contribution in [0, 0.1) is 0 Å². The van der Waals surface area contributed by atoms with E-state index in [-0.39, 0.29) is 6.61 Å². The fourth-order valence-corrected chi connectivity index (χ4v) is 5.09. The van der Waals surface area contributed by atoms with Crippen molar-refractivity contribution in [2.45, 2.75) is 26.3 Å². The van der Waals surface area contributed by atoms with Crippen LogP contribution in [0.4, 0.5) is 0 Å². The lowest BCUT2D eigenvalue weighted by Crippen LogP contribution is -2.55. The number of carbonyl (C=O) groups excluding carboxylic acids is 3. The third-order valence-electron chi connectivity index (χ3n) is 2.89. The van der Waals surface area contributed by atoms with Gasteiger partial charge in [-0.2, -0.15) is 0 Å². The Morgan fingerprint density at radius 1 is 1.09 bits per heavy atom. The number of hydrogen-bond donors (Lipinski definition) is 0. The van der Waals surface area contributed by atoms with E-state index >= 15 is 0 Å². The Hall–Kier alpha value is -2.41. The zero-order valence-electron chi connectivity index (χ0n) is 13.2. The molecule has 1 aromatic carbocycles. The molecule has 0 unspecified atom stereocenters. The summed E-state index contributed by atoms with van der Waals surface area (Å²) in [5.74, 6) is -1.58. The summed E-state index contributed by atoms with van der Waals surface area (Å²) in [5, 5.41) is 0.667.